The number of halogens is 1. The summed E-state index contributed by atoms with van der Waals surface area (Å²) in [7, 11) is -4.01. The summed E-state index contributed by atoms with van der Waals surface area (Å²) in [6, 6.07) is 16.9. The number of benzene rings is 3. The molecule has 1 aliphatic heterocycles. The SMILES string of the molecule is Cc1ccc(C)c(NS(=O)(=O)c2cc(C(=O)NC[C@@H]3COc4ccccc4O3)ccc2Cl)c1. The quantitative estimate of drug-likeness (QED) is 0.541. The lowest BCUT2D eigenvalue weighted by molar-refractivity contribution is 0.0789. The minimum atomic E-state index is -4.01. The van der Waals surface area contributed by atoms with E-state index >= 15 is 0 Å². The Hall–Kier alpha value is -3.23. The molecule has 0 fully saturated rings. The van der Waals surface area contributed by atoms with Gasteiger partial charge in [-0.25, -0.2) is 8.42 Å². The molecule has 0 spiro atoms. The van der Waals surface area contributed by atoms with Crippen molar-refractivity contribution >= 4 is 33.2 Å². The van der Waals surface area contributed by atoms with Crippen LogP contribution in [-0.4, -0.2) is 33.6 Å². The van der Waals surface area contributed by atoms with Crippen LogP contribution in [0.2, 0.25) is 5.02 Å². The summed E-state index contributed by atoms with van der Waals surface area (Å²) in [6.07, 6.45) is -0.370. The zero-order valence-corrected chi connectivity index (χ0v) is 19.7. The van der Waals surface area contributed by atoms with Gasteiger partial charge in [-0.3, -0.25) is 9.52 Å². The monoisotopic (exact) mass is 486 g/mol. The average molecular weight is 487 g/mol. The first-order valence-corrected chi connectivity index (χ1v) is 12.2. The number of ether oxygens (including phenoxy) is 2. The van der Waals surface area contributed by atoms with Crippen LogP contribution in [0, 0.1) is 13.8 Å². The maximum absolute atomic E-state index is 13.0. The highest BCUT2D eigenvalue weighted by Crippen LogP contribution is 2.31. The Kier molecular flexibility index (Phi) is 6.49. The lowest BCUT2D eigenvalue weighted by Gasteiger charge is -2.26. The number of fused-ring (bicyclic) bond motifs is 1. The van der Waals surface area contributed by atoms with Crippen molar-refractivity contribution < 1.29 is 22.7 Å². The van der Waals surface area contributed by atoms with Crippen molar-refractivity contribution in [1.29, 1.82) is 0 Å². The number of rotatable bonds is 6. The molecule has 0 bridgehead atoms. The van der Waals surface area contributed by atoms with E-state index < -0.39 is 15.9 Å². The van der Waals surface area contributed by atoms with Crippen LogP contribution in [0.5, 0.6) is 11.5 Å². The molecule has 3 aromatic carbocycles. The van der Waals surface area contributed by atoms with Gasteiger partial charge in [0, 0.05) is 5.56 Å². The second-order valence-electron chi connectivity index (χ2n) is 7.78. The van der Waals surface area contributed by atoms with Crippen LogP contribution in [0.1, 0.15) is 21.5 Å². The highest BCUT2D eigenvalue weighted by atomic mass is 35.5. The van der Waals surface area contributed by atoms with Crippen molar-refractivity contribution in [3.05, 3.63) is 82.4 Å². The number of nitrogens with one attached hydrogen (secondary N) is 2. The van der Waals surface area contributed by atoms with Crippen molar-refractivity contribution in [2.75, 3.05) is 17.9 Å². The smallest absolute Gasteiger partial charge is 0.263 e. The molecule has 0 radical (unpaired) electrons. The molecule has 4 rings (SSSR count). The Morgan fingerprint density at radius 1 is 1.06 bits per heavy atom. The molecule has 7 nitrogen and oxygen atoms in total. The van der Waals surface area contributed by atoms with Crippen LogP contribution in [-0.2, 0) is 10.0 Å². The Morgan fingerprint density at radius 3 is 2.61 bits per heavy atom. The molecule has 0 unspecified atom stereocenters. The normalized spacial score (nSPS) is 15.1. The number of carbonyl (C=O) groups is 1. The highest BCUT2D eigenvalue weighted by Gasteiger charge is 2.23. The Morgan fingerprint density at radius 2 is 1.82 bits per heavy atom. The number of amides is 1. The van der Waals surface area contributed by atoms with Crippen molar-refractivity contribution in [1.82, 2.24) is 5.32 Å². The van der Waals surface area contributed by atoms with Crippen molar-refractivity contribution in [2.45, 2.75) is 24.8 Å². The van der Waals surface area contributed by atoms with Crippen LogP contribution in [0.3, 0.4) is 0 Å². The molecule has 3 aromatic rings. The molecule has 1 heterocycles. The molecular formula is C24H23ClN2O5S. The van der Waals surface area contributed by atoms with E-state index in [0.29, 0.717) is 17.2 Å². The van der Waals surface area contributed by atoms with Crippen molar-refractivity contribution in [3.8, 4) is 11.5 Å². The van der Waals surface area contributed by atoms with E-state index in [2.05, 4.69) is 10.0 Å². The second-order valence-corrected chi connectivity index (χ2v) is 9.83. The van der Waals surface area contributed by atoms with Gasteiger partial charge in [0.25, 0.3) is 15.9 Å². The molecule has 33 heavy (non-hydrogen) atoms. The van der Waals surface area contributed by atoms with Crippen LogP contribution in [0.25, 0.3) is 0 Å². The number of carbonyl (C=O) groups excluding carboxylic acids is 1. The molecule has 1 aliphatic rings. The van der Waals surface area contributed by atoms with Gasteiger partial charge in [-0.15, -0.1) is 0 Å². The van der Waals surface area contributed by atoms with Gasteiger partial charge in [0.1, 0.15) is 17.6 Å². The van der Waals surface area contributed by atoms with Crippen LogP contribution < -0.4 is 19.5 Å². The third-order valence-electron chi connectivity index (χ3n) is 5.18. The number of hydrogen-bond acceptors (Lipinski definition) is 5. The van der Waals surface area contributed by atoms with E-state index in [1.54, 1.807) is 19.1 Å². The molecule has 0 aliphatic carbocycles. The fourth-order valence-electron chi connectivity index (χ4n) is 3.37. The number of sulfonamides is 1. The van der Waals surface area contributed by atoms with Crippen LogP contribution in [0.4, 0.5) is 5.69 Å². The van der Waals surface area contributed by atoms with Gasteiger partial charge in [0.2, 0.25) is 0 Å². The zero-order valence-electron chi connectivity index (χ0n) is 18.1. The van der Waals surface area contributed by atoms with Gasteiger partial charge < -0.3 is 14.8 Å². The largest absolute Gasteiger partial charge is 0.486 e. The molecule has 1 atom stereocenters. The first kappa shape index (κ1) is 22.9. The third kappa shape index (κ3) is 5.23. The molecular weight excluding hydrogens is 464 g/mol. The minimum Gasteiger partial charge on any atom is -0.486 e. The van der Waals surface area contributed by atoms with E-state index in [-0.39, 0.29) is 34.7 Å². The summed E-state index contributed by atoms with van der Waals surface area (Å²) in [5.74, 6) is 0.821. The number of anilines is 1. The number of hydrogen-bond donors (Lipinski definition) is 2. The average Bonchev–Trinajstić information content (AvgIpc) is 2.79. The topological polar surface area (TPSA) is 93.7 Å². The van der Waals surface area contributed by atoms with Gasteiger partial charge in [0.15, 0.2) is 11.5 Å². The fourth-order valence-corrected chi connectivity index (χ4v) is 5.02. The van der Waals surface area contributed by atoms with E-state index in [9.17, 15) is 13.2 Å². The first-order chi connectivity index (χ1) is 15.7. The van der Waals surface area contributed by atoms with Gasteiger partial charge >= 0.3 is 0 Å². The number of para-hydroxylation sites is 2. The third-order valence-corrected chi connectivity index (χ3v) is 7.03. The molecule has 0 aromatic heterocycles. The van der Waals surface area contributed by atoms with Gasteiger partial charge in [-0.05, 0) is 61.4 Å². The summed E-state index contributed by atoms with van der Waals surface area (Å²) in [5, 5.41) is 2.78. The zero-order chi connectivity index (χ0) is 23.6. The maximum atomic E-state index is 13.0. The fraction of sp³-hybridized carbons (Fsp3) is 0.208. The predicted octanol–water partition coefficient (Wildman–Crippen LogP) is 4.33. The second kappa shape index (κ2) is 9.33. The van der Waals surface area contributed by atoms with E-state index in [1.165, 1.54) is 18.2 Å². The van der Waals surface area contributed by atoms with E-state index in [0.717, 1.165) is 11.1 Å². The summed E-state index contributed by atoms with van der Waals surface area (Å²) in [4.78, 5) is 12.5. The van der Waals surface area contributed by atoms with Crippen molar-refractivity contribution in [3.63, 3.8) is 0 Å². The van der Waals surface area contributed by atoms with E-state index in [1.807, 2.05) is 37.3 Å². The first-order valence-electron chi connectivity index (χ1n) is 10.3. The Bertz CT molecular complexity index is 1310. The molecule has 0 saturated carbocycles. The van der Waals surface area contributed by atoms with Gasteiger partial charge in [-0.2, -0.15) is 0 Å². The van der Waals surface area contributed by atoms with Crippen LogP contribution >= 0.6 is 11.6 Å². The van der Waals surface area contributed by atoms with E-state index in [4.69, 9.17) is 21.1 Å². The minimum absolute atomic E-state index is 0.0185. The molecule has 1 amide bonds. The standard InChI is InChI=1S/C24H23ClN2O5S/c1-15-7-8-16(2)20(11-15)27-33(29,30)23-12-17(9-10-19(23)25)24(28)26-13-18-14-31-21-5-3-4-6-22(21)32-18/h3-12,18,27H,13-14H2,1-2H3,(H,26,28)/t18-/m1/s1. The summed E-state index contributed by atoms with van der Waals surface area (Å²) >= 11 is 6.18. The Balaban J connectivity index is 1.47. The van der Waals surface area contributed by atoms with Crippen molar-refractivity contribution in [2.24, 2.45) is 0 Å². The molecule has 0 saturated heterocycles. The lowest BCUT2D eigenvalue weighted by atomic mass is 10.1. The molecule has 2 N–H and O–H groups in total. The summed E-state index contributed by atoms with van der Waals surface area (Å²) in [5.41, 5.74) is 2.30. The van der Waals surface area contributed by atoms with Gasteiger partial charge in [-0.1, -0.05) is 35.9 Å². The number of aryl methyl sites for hydroxylation is 2. The predicted molar refractivity (Wildman–Crippen MR) is 127 cm³/mol. The molecule has 9 heteroatoms. The lowest BCUT2D eigenvalue weighted by Crippen LogP contribution is -2.40. The van der Waals surface area contributed by atoms with Crippen LogP contribution in [0.15, 0.2) is 65.6 Å². The molecule has 172 valence electrons. The highest BCUT2D eigenvalue weighted by molar-refractivity contribution is 7.92. The van der Waals surface area contributed by atoms with Gasteiger partial charge in [0.05, 0.1) is 17.3 Å². The Labute approximate surface area is 197 Å². The summed E-state index contributed by atoms with van der Waals surface area (Å²) < 4.78 is 40.1. The maximum Gasteiger partial charge on any atom is 0.263 e. The summed E-state index contributed by atoms with van der Waals surface area (Å²) in [6.45, 7) is 4.16.